The first kappa shape index (κ1) is 22.8. The number of hydrogen-bond donors (Lipinski definition) is 0. The second kappa shape index (κ2) is 11.0. The maximum Gasteiger partial charge on any atom is 0.124 e. The molecule has 0 aliphatic carbocycles. The Kier molecular flexibility index (Phi) is 7.34. The molecule has 2 nitrogen and oxygen atoms in total. The van der Waals surface area contributed by atoms with Crippen LogP contribution in [0.2, 0.25) is 0 Å². The van der Waals surface area contributed by atoms with Crippen LogP contribution in [0, 0.1) is 0 Å². The zero-order chi connectivity index (χ0) is 23.2. The van der Waals surface area contributed by atoms with Crippen molar-refractivity contribution >= 4 is 35.3 Å². The molecule has 0 aliphatic heterocycles. The zero-order valence-corrected chi connectivity index (χ0v) is 21.0. The first-order chi connectivity index (χ1) is 16.8. The number of rotatable bonds is 7. The minimum atomic E-state index is 0.883. The third-order valence-electron chi connectivity index (χ3n) is 5.24. The maximum absolute atomic E-state index is 4.68. The van der Waals surface area contributed by atoms with E-state index in [0.717, 1.165) is 32.3 Å². The van der Waals surface area contributed by atoms with Crippen molar-refractivity contribution in [3.63, 3.8) is 0 Å². The van der Waals surface area contributed by atoms with E-state index < -0.39 is 0 Å². The van der Waals surface area contributed by atoms with Crippen molar-refractivity contribution in [1.29, 1.82) is 0 Å². The Morgan fingerprint density at radius 3 is 1.65 bits per heavy atom. The molecular weight excluding hydrogens is 473 g/mol. The molecule has 0 atom stereocenters. The van der Waals surface area contributed by atoms with Crippen molar-refractivity contribution < 1.29 is 0 Å². The van der Waals surface area contributed by atoms with Gasteiger partial charge in [-0.25, -0.2) is 0 Å². The van der Waals surface area contributed by atoms with Crippen LogP contribution in [-0.4, -0.2) is 16.5 Å². The van der Waals surface area contributed by atoms with Gasteiger partial charge in [-0.15, -0.1) is 22.0 Å². The summed E-state index contributed by atoms with van der Waals surface area (Å²) < 4.78 is 0. The van der Waals surface area contributed by atoms with Crippen molar-refractivity contribution in [2.75, 3.05) is 6.26 Å². The van der Waals surface area contributed by atoms with E-state index in [2.05, 4.69) is 107 Å². The molecule has 0 bridgehead atoms. The lowest BCUT2D eigenvalue weighted by molar-refractivity contribution is 0.938. The summed E-state index contributed by atoms with van der Waals surface area (Å²) >= 11 is 5.13. The Labute approximate surface area is 213 Å². The van der Waals surface area contributed by atoms with Crippen molar-refractivity contribution in [3.8, 4) is 22.4 Å². The van der Waals surface area contributed by atoms with E-state index in [0.29, 0.717) is 0 Å². The van der Waals surface area contributed by atoms with E-state index in [-0.39, 0.29) is 0 Å². The van der Waals surface area contributed by atoms with Crippen molar-refractivity contribution in [3.05, 3.63) is 115 Å². The molecule has 0 radical (unpaired) electrons. The molecule has 0 fully saturated rings. The lowest BCUT2D eigenvalue weighted by atomic mass is 10.0. The fraction of sp³-hybridized carbons (Fsp3) is 0.0345. The van der Waals surface area contributed by atoms with Crippen LogP contribution in [0.4, 0.5) is 0 Å². The smallest absolute Gasteiger partial charge is 0.124 e. The lowest BCUT2D eigenvalue weighted by Crippen LogP contribution is -1.95. The summed E-state index contributed by atoms with van der Waals surface area (Å²) in [5.74, 6) is 0. The van der Waals surface area contributed by atoms with E-state index in [1.165, 1.54) is 14.7 Å². The summed E-state index contributed by atoms with van der Waals surface area (Å²) in [6.45, 7) is 0. The molecular formula is C29H22N2S3. The molecule has 34 heavy (non-hydrogen) atoms. The first-order valence-corrected chi connectivity index (χ1v) is 13.7. The monoisotopic (exact) mass is 494 g/mol. The molecule has 5 aromatic rings. The van der Waals surface area contributed by atoms with Crippen LogP contribution in [-0.2, 0) is 0 Å². The molecule has 5 rings (SSSR count). The Balaban J connectivity index is 1.51. The molecule has 1 heterocycles. The summed E-state index contributed by atoms with van der Waals surface area (Å²) in [5, 5.41) is 10.1. The molecule has 0 unspecified atom stereocenters. The van der Waals surface area contributed by atoms with Gasteiger partial charge in [0.15, 0.2) is 0 Å². The molecule has 5 heteroatoms. The number of nitrogens with zero attached hydrogens (tertiary/aromatic N) is 2. The van der Waals surface area contributed by atoms with Gasteiger partial charge in [-0.1, -0.05) is 84.2 Å². The minimum absolute atomic E-state index is 0.883. The van der Waals surface area contributed by atoms with Gasteiger partial charge < -0.3 is 0 Å². The van der Waals surface area contributed by atoms with E-state index in [1.54, 1.807) is 35.3 Å². The fourth-order valence-corrected chi connectivity index (χ4v) is 5.58. The van der Waals surface area contributed by atoms with Crippen molar-refractivity contribution in [1.82, 2.24) is 10.2 Å². The molecule has 0 N–H and O–H groups in total. The summed E-state index contributed by atoms with van der Waals surface area (Å²) in [5.41, 5.74) is 4.18. The Hall–Kier alpha value is -2.99. The Morgan fingerprint density at radius 2 is 1.03 bits per heavy atom. The SMILES string of the molecule is CSc1ccc(-c2nnc(Sc3ccccc3)cc2-c2ccc(Sc3ccccc3)cc2)cc1. The molecule has 0 aliphatic rings. The largest absolute Gasteiger partial charge is 0.149 e. The van der Waals surface area contributed by atoms with Gasteiger partial charge in [0.05, 0.1) is 0 Å². The van der Waals surface area contributed by atoms with E-state index in [9.17, 15) is 0 Å². The molecule has 0 saturated heterocycles. The summed E-state index contributed by atoms with van der Waals surface area (Å²) in [6, 6.07) is 40.1. The van der Waals surface area contributed by atoms with Gasteiger partial charge in [0.25, 0.3) is 0 Å². The maximum atomic E-state index is 4.68. The van der Waals surface area contributed by atoms with Gasteiger partial charge >= 0.3 is 0 Å². The number of benzene rings is 4. The fourth-order valence-electron chi connectivity index (χ4n) is 3.54. The number of thioether (sulfide) groups is 1. The standard InChI is InChI=1S/C29H22N2S3/c1-32-23-16-14-22(15-17-23)29-27(20-28(30-31-29)34-25-10-6-3-7-11-25)21-12-18-26(19-13-21)33-24-8-4-2-5-9-24/h2-20H,1H3. The minimum Gasteiger partial charge on any atom is -0.149 e. The Morgan fingerprint density at radius 1 is 0.500 bits per heavy atom. The van der Waals surface area contributed by atoms with Gasteiger partial charge in [0, 0.05) is 30.7 Å². The summed E-state index contributed by atoms with van der Waals surface area (Å²) in [4.78, 5) is 4.82. The topological polar surface area (TPSA) is 25.8 Å². The average molecular weight is 495 g/mol. The second-order valence-electron chi connectivity index (χ2n) is 7.53. The van der Waals surface area contributed by atoms with Crippen molar-refractivity contribution in [2.45, 2.75) is 24.6 Å². The zero-order valence-electron chi connectivity index (χ0n) is 18.6. The predicted octanol–water partition coefficient (Wildman–Crippen LogP) is 8.83. The third-order valence-corrected chi connectivity index (χ3v) is 7.92. The highest BCUT2D eigenvalue weighted by atomic mass is 32.2. The Bertz CT molecular complexity index is 1350. The van der Waals surface area contributed by atoms with E-state index in [4.69, 9.17) is 0 Å². The van der Waals surface area contributed by atoms with E-state index >= 15 is 0 Å². The second-order valence-corrected chi connectivity index (χ2v) is 10.6. The van der Waals surface area contributed by atoms with Crippen LogP contribution >= 0.6 is 35.3 Å². The van der Waals surface area contributed by atoms with Gasteiger partial charge in [0.2, 0.25) is 0 Å². The molecule has 0 saturated carbocycles. The van der Waals surface area contributed by atoms with Gasteiger partial charge in [0.1, 0.15) is 10.7 Å². The molecule has 166 valence electrons. The lowest BCUT2D eigenvalue weighted by Gasteiger charge is -2.12. The van der Waals surface area contributed by atoms with Crippen LogP contribution in [0.1, 0.15) is 0 Å². The van der Waals surface area contributed by atoms with Crippen LogP contribution < -0.4 is 0 Å². The summed E-state index contributed by atoms with van der Waals surface area (Å²) in [6.07, 6.45) is 2.09. The highest BCUT2D eigenvalue weighted by Gasteiger charge is 2.13. The van der Waals surface area contributed by atoms with Gasteiger partial charge in [-0.05, 0) is 66.4 Å². The van der Waals surface area contributed by atoms with Crippen LogP contribution in [0.3, 0.4) is 0 Å². The van der Waals surface area contributed by atoms with Crippen LogP contribution in [0.5, 0.6) is 0 Å². The molecule has 1 aromatic heterocycles. The third kappa shape index (κ3) is 5.55. The highest BCUT2D eigenvalue weighted by molar-refractivity contribution is 7.99. The first-order valence-electron chi connectivity index (χ1n) is 10.9. The van der Waals surface area contributed by atoms with Crippen molar-refractivity contribution in [2.24, 2.45) is 0 Å². The predicted molar refractivity (Wildman–Crippen MR) is 146 cm³/mol. The van der Waals surface area contributed by atoms with Gasteiger partial charge in [-0.2, -0.15) is 0 Å². The quantitative estimate of drug-likeness (QED) is 0.211. The van der Waals surface area contributed by atoms with E-state index in [1.807, 2.05) is 24.3 Å². The van der Waals surface area contributed by atoms with Crippen LogP contribution in [0.25, 0.3) is 22.4 Å². The van der Waals surface area contributed by atoms with Gasteiger partial charge in [-0.3, -0.25) is 0 Å². The molecule has 4 aromatic carbocycles. The highest BCUT2D eigenvalue weighted by Crippen LogP contribution is 2.36. The molecule has 0 spiro atoms. The number of hydrogen-bond acceptors (Lipinski definition) is 5. The summed E-state index contributed by atoms with van der Waals surface area (Å²) in [7, 11) is 0. The number of aromatic nitrogens is 2. The van der Waals surface area contributed by atoms with Crippen LogP contribution in [0.15, 0.2) is 140 Å². The normalized spacial score (nSPS) is 10.9. The average Bonchev–Trinajstić information content (AvgIpc) is 2.90. The molecule has 0 amide bonds.